The predicted octanol–water partition coefficient (Wildman–Crippen LogP) is 4.64. The number of hydrogen-bond acceptors (Lipinski definition) is 2. The highest BCUT2D eigenvalue weighted by molar-refractivity contribution is 5.86. The van der Waals surface area contributed by atoms with Crippen molar-refractivity contribution in [1.82, 2.24) is 0 Å². The van der Waals surface area contributed by atoms with Crippen LogP contribution in [0.25, 0.3) is 0 Å². The zero-order valence-corrected chi connectivity index (χ0v) is 12.9. The molecule has 0 amide bonds. The van der Waals surface area contributed by atoms with Crippen molar-refractivity contribution in [2.24, 2.45) is 10.9 Å². The van der Waals surface area contributed by atoms with Crippen LogP contribution in [-0.4, -0.2) is 17.4 Å². The molecule has 0 heterocycles. The van der Waals surface area contributed by atoms with Gasteiger partial charge in [-0.25, -0.2) is 0 Å². The minimum atomic E-state index is 0.318. The summed E-state index contributed by atoms with van der Waals surface area (Å²) >= 11 is 0. The van der Waals surface area contributed by atoms with Crippen molar-refractivity contribution in [1.29, 1.82) is 0 Å². The van der Waals surface area contributed by atoms with E-state index < -0.39 is 0 Å². The van der Waals surface area contributed by atoms with E-state index in [0.29, 0.717) is 11.8 Å². The molecule has 0 spiro atoms. The van der Waals surface area contributed by atoms with Gasteiger partial charge >= 0.3 is 0 Å². The summed E-state index contributed by atoms with van der Waals surface area (Å²) in [5.41, 5.74) is 2.83. The van der Waals surface area contributed by atoms with Crippen molar-refractivity contribution in [3.05, 3.63) is 28.8 Å². The molecule has 0 saturated heterocycles. The molecule has 1 aromatic carbocycles. The SMILES string of the molecule is Cc1ccc(C)c(C=NC(C)CCCC(C)C)c1O. The molecule has 0 bridgehead atoms. The molecule has 1 N–H and O–H groups in total. The highest BCUT2D eigenvalue weighted by Crippen LogP contribution is 2.23. The summed E-state index contributed by atoms with van der Waals surface area (Å²) in [5, 5.41) is 10.0. The maximum atomic E-state index is 10.0. The Morgan fingerprint density at radius 2 is 1.74 bits per heavy atom. The predicted molar refractivity (Wildman–Crippen MR) is 83.3 cm³/mol. The third-order valence-electron chi connectivity index (χ3n) is 3.50. The first-order valence-electron chi connectivity index (χ1n) is 7.24. The fourth-order valence-electron chi connectivity index (χ4n) is 2.08. The molecule has 1 atom stereocenters. The average Bonchev–Trinajstić information content (AvgIpc) is 2.33. The van der Waals surface area contributed by atoms with Crippen LogP contribution in [0.3, 0.4) is 0 Å². The van der Waals surface area contributed by atoms with Gasteiger partial charge in [0.05, 0.1) is 0 Å². The molecule has 0 fully saturated rings. The van der Waals surface area contributed by atoms with Crippen LogP contribution in [0.15, 0.2) is 17.1 Å². The summed E-state index contributed by atoms with van der Waals surface area (Å²) in [5.74, 6) is 1.12. The molecule has 106 valence electrons. The van der Waals surface area contributed by atoms with E-state index in [1.807, 2.05) is 32.2 Å². The zero-order valence-electron chi connectivity index (χ0n) is 12.9. The molecule has 0 saturated carbocycles. The minimum absolute atomic E-state index is 0.318. The van der Waals surface area contributed by atoms with E-state index in [1.165, 1.54) is 12.8 Å². The van der Waals surface area contributed by atoms with E-state index in [0.717, 1.165) is 29.0 Å². The number of hydrogen-bond donors (Lipinski definition) is 1. The summed E-state index contributed by atoms with van der Waals surface area (Å²) in [6, 6.07) is 4.28. The molecule has 0 aliphatic heterocycles. The van der Waals surface area contributed by atoms with Gasteiger partial charge in [0.15, 0.2) is 0 Å². The van der Waals surface area contributed by atoms with Gasteiger partial charge in [0.1, 0.15) is 5.75 Å². The Morgan fingerprint density at radius 1 is 1.11 bits per heavy atom. The molecule has 1 unspecified atom stereocenters. The molecule has 1 aromatic rings. The normalized spacial score (nSPS) is 13.4. The first-order chi connectivity index (χ1) is 8.91. The number of phenolic OH excluding ortho intramolecular Hbond substituents is 1. The van der Waals surface area contributed by atoms with Gasteiger partial charge in [0, 0.05) is 17.8 Å². The van der Waals surface area contributed by atoms with E-state index in [-0.39, 0.29) is 0 Å². The molecular formula is C17H27NO. The van der Waals surface area contributed by atoms with Crippen LogP contribution in [-0.2, 0) is 0 Å². The third-order valence-corrected chi connectivity index (χ3v) is 3.50. The molecule has 1 rings (SSSR count). The van der Waals surface area contributed by atoms with Crippen LogP contribution >= 0.6 is 0 Å². The quantitative estimate of drug-likeness (QED) is 0.743. The fraction of sp³-hybridized carbons (Fsp3) is 0.588. The molecule has 0 radical (unpaired) electrons. The number of rotatable bonds is 6. The Kier molecular flexibility index (Phi) is 6.07. The van der Waals surface area contributed by atoms with Crippen LogP contribution in [0.1, 0.15) is 56.7 Å². The Bertz CT molecular complexity index is 435. The number of aliphatic imine (C=N–C) groups is 1. The average molecular weight is 261 g/mol. The molecular weight excluding hydrogens is 234 g/mol. The monoisotopic (exact) mass is 261 g/mol. The molecule has 0 aromatic heterocycles. The van der Waals surface area contributed by atoms with Crippen molar-refractivity contribution < 1.29 is 5.11 Å². The fourth-order valence-corrected chi connectivity index (χ4v) is 2.08. The lowest BCUT2D eigenvalue weighted by Crippen LogP contribution is -2.01. The second kappa shape index (κ2) is 7.32. The highest BCUT2D eigenvalue weighted by Gasteiger charge is 2.06. The first-order valence-corrected chi connectivity index (χ1v) is 7.24. The van der Waals surface area contributed by atoms with E-state index in [4.69, 9.17) is 0 Å². The second-order valence-electron chi connectivity index (χ2n) is 5.91. The first kappa shape index (κ1) is 15.7. The van der Waals surface area contributed by atoms with Crippen molar-refractivity contribution in [2.75, 3.05) is 0 Å². The minimum Gasteiger partial charge on any atom is -0.507 e. The molecule has 19 heavy (non-hydrogen) atoms. The van der Waals surface area contributed by atoms with Crippen LogP contribution in [0.4, 0.5) is 0 Å². The zero-order chi connectivity index (χ0) is 14.4. The van der Waals surface area contributed by atoms with Crippen molar-refractivity contribution in [2.45, 2.75) is 59.9 Å². The van der Waals surface area contributed by atoms with Gasteiger partial charge in [-0.2, -0.15) is 0 Å². The van der Waals surface area contributed by atoms with Crippen LogP contribution in [0.2, 0.25) is 0 Å². The second-order valence-corrected chi connectivity index (χ2v) is 5.91. The van der Waals surface area contributed by atoms with Gasteiger partial charge in [0.2, 0.25) is 0 Å². The van der Waals surface area contributed by atoms with Gasteiger partial charge in [0.25, 0.3) is 0 Å². The Hall–Kier alpha value is -1.31. The maximum absolute atomic E-state index is 10.0. The van der Waals surface area contributed by atoms with E-state index >= 15 is 0 Å². The molecule has 0 aliphatic carbocycles. The highest BCUT2D eigenvalue weighted by atomic mass is 16.3. The number of benzene rings is 1. The summed E-state index contributed by atoms with van der Waals surface area (Å²) in [6.45, 7) is 10.6. The van der Waals surface area contributed by atoms with Crippen LogP contribution in [0.5, 0.6) is 5.75 Å². The summed E-state index contributed by atoms with van der Waals surface area (Å²) in [4.78, 5) is 4.57. The van der Waals surface area contributed by atoms with Gasteiger partial charge in [-0.3, -0.25) is 4.99 Å². The third kappa shape index (κ3) is 5.06. The van der Waals surface area contributed by atoms with E-state index in [9.17, 15) is 5.11 Å². The number of aryl methyl sites for hydroxylation is 2. The van der Waals surface area contributed by atoms with Gasteiger partial charge < -0.3 is 5.11 Å². The number of aromatic hydroxyl groups is 1. The number of phenols is 1. The van der Waals surface area contributed by atoms with Crippen LogP contribution < -0.4 is 0 Å². The largest absolute Gasteiger partial charge is 0.507 e. The Labute approximate surface area is 117 Å². The smallest absolute Gasteiger partial charge is 0.127 e. The van der Waals surface area contributed by atoms with Gasteiger partial charge in [-0.15, -0.1) is 0 Å². The number of nitrogens with zero attached hydrogens (tertiary/aromatic N) is 1. The Balaban J connectivity index is 2.63. The van der Waals surface area contributed by atoms with E-state index in [1.54, 1.807) is 0 Å². The van der Waals surface area contributed by atoms with Crippen LogP contribution in [0, 0.1) is 19.8 Å². The standard InChI is InChI=1S/C17H27NO/c1-12(2)7-6-8-15(5)18-11-16-13(3)9-10-14(4)17(16)19/h9-12,15,19H,6-8H2,1-5H3. The van der Waals surface area contributed by atoms with Crippen molar-refractivity contribution in [3.63, 3.8) is 0 Å². The molecule has 2 nitrogen and oxygen atoms in total. The summed E-state index contributed by atoms with van der Waals surface area (Å²) in [6.07, 6.45) is 5.42. The maximum Gasteiger partial charge on any atom is 0.127 e. The lowest BCUT2D eigenvalue weighted by atomic mass is 10.0. The van der Waals surface area contributed by atoms with Gasteiger partial charge in [-0.05, 0) is 44.2 Å². The lowest BCUT2D eigenvalue weighted by Gasteiger charge is -2.09. The van der Waals surface area contributed by atoms with Crippen molar-refractivity contribution in [3.8, 4) is 5.75 Å². The summed E-state index contributed by atoms with van der Waals surface area (Å²) < 4.78 is 0. The topological polar surface area (TPSA) is 32.6 Å². The Morgan fingerprint density at radius 3 is 2.37 bits per heavy atom. The molecule has 2 heteroatoms. The van der Waals surface area contributed by atoms with E-state index in [2.05, 4.69) is 25.8 Å². The van der Waals surface area contributed by atoms with Crippen molar-refractivity contribution >= 4 is 6.21 Å². The lowest BCUT2D eigenvalue weighted by molar-refractivity contribution is 0.469. The summed E-state index contributed by atoms with van der Waals surface area (Å²) in [7, 11) is 0. The van der Waals surface area contributed by atoms with Gasteiger partial charge in [-0.1, -0.05) is 38.8 Å². The molecule has 0 aliphatic rings.